The summed E-state index contributed by atoms with van der Waals surface area (Å²) < 4.78 is 5.79. The summed E-state index contributed by atoms with van der Waals surface area (Å²) in [6.07, 6.45) is 0. The minimum absolute atomic E-state index is 0.0207. The molecule has 0 aliphatic carbocycles. The van der Waals surface area contributed by atoms with Crippen LogP contribution in [0.2, 0.25) is 0 Å². The Bertz CT molecular complexity index is 319. The van der Waals surface area contributed by atoms with Crippen LogP contribution in [0.4, 0.5) is 0 Å². The van der Waals surface area contributed by atoms with Crippen LogP contribution in [0, 0.1) is 0 Å². The van der Waals surface area contributed by atoms with Gasteiger partial charge in [0.2, 0.25) is 0 Å². The maximum absolute atomic E-state index is 5.79. The van der Waals surface area contributed by atoms with E-state index in [0.717, 1.165) is 45.9 Å². The minimum atomic E-state index is -0.0207. The number of hydrogen-bond donors (Lipinski definition) is 0. The molecule has 2 rings (SSSR count). The molecule has 1 atom stereocenters. The van der Waals surface area contributed by atoms with E-state index >= 15 is 0 Å². The largest absolute Gasteiger partial charge is 0.375 e. The molecule has 1 saturated heterocycles. The lowest BCUT2D eigenvalue weighted by Gasteiger charge is -2.36. The van der Waals surface area contributed by atoms with Crippen LogP contribution in [-0.2, 0) is 4.74 Å². The summed E-state index contributed by atoms with van der Waals surface area (Å²) in [7, 11) is 0. The molecule has 4 nitrogen and oxygen atoms in total. The van der Waals surface area contributed by atoms with Gasteiger partial charge in [0.15, 0.2) is 5.17 Å². The molecule has 0 spiro atoms. The Balaban J connectivity index is 1.65. The van der Waals surface area contributed by atoms with Crippen molar-refractivity contribution in [3.05, 3.63) is 0 Å². The molecule has 0 unspecified atom stereocenters. The van der Waals surface area contributed by atoms with Crippen molar-refractivity contribution in [2.75, 3.05) is 45.9 Å². The van der Waals surface area contributed by atoms with E-state index in [1.807, 2.05) is 11.8 Å². The first-order valence-corrected chi connectivity index (χ1v) is 8.14. The molecule has 110 valence electrons. The van der Waals surface area contributed by atoms with Crippen LogP contribution in [0.25, 0.3) is 0 Å². The number of ether oxygens (including phenoxy) is 1. The highest BCUT2D eigenvalue weighted by atomic mass is 32.2. The number of aliphatic imine (C=N–C) groups is 1. The van der Waals surface area contributed by atoms with Gasteiger partial charge in [-0.15, -0.1) is 0 Å². The number of amidine groups is 1. The molecule has 0 saturated carbocycles. The summed E-state index contributed by atoms with van der Waals surface area (Å²) in [4.78, 5) is 9.55. The maximum atomic E-state index is 5.79. The third-order valence-electron chi connectivity index (χ3n) is 3.38. The van der Waals surface area contributed by atoms with Crippen molar-refractivity contribution < 1.29 is 4.74 Å². The van der Waals surface area contributed by atoms with Crippen LogP contribution < -0.4 is 0 Å². The summed E-state index contributed by atoms with van der Waals surface area (Å²) in [5.74, 6) is 0. The molecule has 0 N–H and O–H groups in total. The van der Waals surface area contributed by atoms with E-state index in [0.29, 0.717) is 5.25 Å². The predicted octanol–water partition coefficient (Wildman–Crippen LogP) is 1.91. The molecule has 2 aliphatic rings. The van der Waals surface area contributed by atoms with Crippen molar-refractivity contribution in [3.8, 4) is 0 Å². The molecule has 0 bridgehead atoms. The normalized spacial score (nSPS) is 25.8. The van der Waals surface area contributed by atoms with Crippen LogP contribution in [-0.4, -0.2) is 71.7 Å². The molecule has 19 heavy (non-hydrogen) atoms. The molecule has 0 aromatic heterocycles. The zero-order chi connectivity index (χ0) is 13.9. The topological polar surface area (TPSA) is 28.1 Å². The Morgan fingerprint density at radius 3 is 2.47 bits per heavy atom. The fourth-order valence-electron chi connectivity index (χ4n) is 2.28. The second-order valence-corrected chi connectivity index (χ2v) is 7.75. The second-order valence-electron chi connectivity index (χ2n) is 6.34. The van der Waals surface area contributed by atoms with Crippen molar-refractivity contribution >= 4 is 16.9 Å². The fraction of sp³-hybridized carbons (Fsp3) is 0.929. The quantitative estimate of drug-likeness (QED) is 0.792. The van der Waals surface area contributed by atoms with E-state index < -0.39 is 0 Å². The van der Waals surface area contributed by atoms with Crippen LogP contribution in [0.15, 0.2) is 4.99 Å². The van der Waals surface area contributed by atoms with Crippen molar-refractivity contribution in [2.45, 2.75) is 38.5 Å². The molecular formula is C14H27N3OS. The Kier molecular flexibility index (Phi) is 5.15. The Labute approximate surface area is 121 Å². The van der Waals surface area contributed by atoms with Crippen molar-refractivity contribution in [3.63, 3.8) is 0 Å². The number of thioether (sulfide) groups is 1. The van der Waals surface area contributed by atoms with Crippen LogP contribution in [0.1, 0.15) is 27.7 Å². The summed E-state index contributed by atoms with van der Waals surface area (Å²) >= 11 is 1.93. The van der Waals surface area contributed by atoms with Gasteiger partial charge in [-0.3, -0.25) is 9.89 Å². The SMILES string of the molecule is C[C@H]1CN=C(N2CCN(CCOC(C)(C)C)CC2)S1. The lowest BCUT2D eigenvalue weighted by Crippen LogP contribution is -2.48. The zero-order valence-electron chi connectivity index (χ0n) is 12.7. The van der Waals surface area contributed by atoms with E-state index in [4.69, 9.17) is 4.74 Å². The number of hydrogen-bond acceptors (Lipinski definition) is 5. The maximum Gasteiger partial charge on any atom is 0.159 e. The molecule has 2 heterocycles. The average Bonchev–Trinajstić information content (AvgIpc) is 2.75. The van der Waals surface area contributed by atoms with E-state index in [-0.39, 0.29) is 5.60 Å². The first-order valence-electron chi connectivity index (χ1n) is 7.26. The standard InChI is InChI=1S/C14H27N3OS/c1-12-11-15-13(19-12)17-7-5-16(6-8-17)9-10-18-14(2,3)4/h12H,5-11H2,1-4H3/t12-/m0/s1. The highest BCUT2D eigenvalue weighted by Gasteiger charge is 2.24. The highest BCUT2D eigenvalue weighted by Crippen LogP contribution is 2.23. The minimum Gasteiger partial charge on any atom is -0.375 e. The van der Waals surface area contributed by atoms with E-state index in [1.165, 1.54) is 5.17 Å². The number of piperazine rings is 1. The first kappa shape index (κ1) is 15.1. The predicted molar refractivity (Wildman–Crippen MR) is 83.1 cm³/mol. The molecule has 5 heteroatoms. The third kappa shape index (κ3) is 4.97. The van der Waals surface area contributed by atoms with Crippen molar-refractivity contribution in [2.24, 2.45) is 4.99 Å². The molecule has 1 fully saturated rings. The van der Waals surface area contributed by atoms with E-state index in [9.17, 15) is 0 Å². The van der Waals surface area contributed by atoms with E-state index in [1.54, 1.807) is 0 Å². The Morgan fingerprint density at radius 1 is 1.26 bits per heavy atom. The molecular weight excluding hydrogens is 258 g/mol. The fourth-order valence-corrected chi connectivity index (χ4v) is 3.27. The highest BCUT2D eigenvalue weighted by molar-refractivity contribution is 8.14. The van der Waals surface area contributed by atoms with Crippen LogP contribution in [0.5, 0.6) is 0 Å². The lowest BCUT2D eigenvalue weighted by molar-refractivity contribution is -0.0158. The first-order chi connectivity index (χ1) is 8.94. The van der Waals surface area contributed by atoms with Gasteiger partial charge in [0.05, 0.1) is 18.8 Å². The molecule has 0 radical (unpaired) electrons. The van der Waals surface area contributed by atoms with Gasteiger partial charge < -0.3 is 9.64 Å². The lowest BCUT2D eigenvalue weighted by atomic mass is 10.2. The summed E-state index contributed by atoms with van der Waals surface area (Å²) in [5, 5.41) is 1.92. The van der Waals surface area contributed by atoms with Crippen molar-refractivity contribution in [1.29, 1.82) is 0 Å². The van der Waals surface area contributed by atoms with Gasteiger partial charge in [-0.1, -0.05) is 18.7 Å². The Hall–Kier alpha value is -0.260. The van der Waals surface area contributed by atoms with Gasteiger partial charge in [0, 0.05) is 38.0 Å². The molecule has 0 aromatic rings. The molecule has 2 aliphatic heterocycles. The number of rotatable bonds is 3. The molecule has 0 aromatic carbocycles. The van der Waals surface area contributed by atoms with Gasteiger partial charge in [-0.2, -0.15) is 0 Å². The summed E-state index contributed by atoms with van der Waals surface area (Å²) in [6.45, 7) is 15.9. The van der Waals surface area contributed by atoms with Crippen molar-refractivity contribution in [1.82, 2.24) is 9.80 Å². The zero-order valence-corrected chi connectivity index (χ0v) is 13.5. The number of nitrogens with zero attached hydrogens (tertiary/aromatic N) is 3. The monoisotopic (exact) mass is 285 g/mol. The van der Waals surface area contributed by atoms with Crippen LogP contribution >= 0.6 is 11.8 Å². The van der Waals surface area contributed by atoms with Gasteiger partial charge in [0.25, 0.3) is 0 Å². The second kappa shape index (κ2) is 6.46. The third-order valence-corrected chi connectivity index (χ3v) is 4.53. The van der Waals surface area contributed by atoms with Crippen LogP contribution in [0.3, 0.4) is 0 Å². The summed E-state index contributed by atoms with van der Waals surface area (Å²) in [5.41, 5.74) is -0.0207. The Morgan fingerprint density at radius 2 is 1.95 bits per heavy atom. The van der Waals surface area contributed by atoms with Gasteiger partial charge in [-0.25, -0.2) is 0 Å². The summed E-state index contributed by atoms with van der Waals surface area (Å²) in [6, 6.07) is 0. The van der Waals surface area contributed by atoms with Gasteiger partial charge in [0.1, 0.15) is 0 Å². The van der Waals surface area contributed by atoms with E-state index in [2.05, 4.69) is 42.5 Å². The average molecular weight is 285 g/mol. The smallest absolute Gasteiger partial charge is 0.159 e. The van der Waals surface area contributed by atoms with Gasteiger partial charge >= 0.3 is 0 Å². The molecule has 0 amide bonds. The van der Waals surface area contributed by atoms with Gasteiger partial charge in [-0.05, 0) is 20.8 Å².